The zero-order valence-corrected chi connectivity index (χ0v) is 13.5. The van der Waals surface area contributed by atoms with Gasteiger partial charge in [-0.05, 0) is 87.6 Å². The van der Waals surface area contributed by atoms with Gasteiger partial charge in [0, 0.05) is 25.0 Å². The maximum absolute atomic E-state index is 4.31. The van der Waals surface area contributed by atoms with E-state index in [1.165, 1.54) is 50.6 Å². The van der Waals surface area contributed by atoms with Crippen LogP contribution in [0.3, 0.4) is 0 Å². The van der Waals surface area contributed by atoms with Crippen LogP contribution in [0, 0.1) is 23.2 Å². The van der Waals surface area contributed by atoms with E-state index < -0.39 is 0 Å². The number of hydrogen-bond acceptors (Lipinski definition) is 2. The summed E-state index contributed by atoms with van der Waals surface area (Å²) in [6.07, 6.45) is 13.5. The summed E-state index contributed by atoms with van der Waals surface area (Å²) < 4.78 is 2.03. The van der Waals surface area contributed by atoms with Gasteiger partial charge >= 0.3 is 0 Å². The van der Waals surface area contributed by atoms with E-state index in [4.69, 9.17) is 0 Å². The van der Waals surface area contributed by atoms with E-state index in [0.717, 1.165) is 24.2 Å². The van der Waals surface area contributed by atoms with Crippen LogP contribution in [-0.2, 0) is 13.5 Å². The molecule has 0 aromatic carbocycles. The van der Waals surface area contributed by atoms with Crippen LogP contribution in [0.4, 0.5) is 0 Å². The molecule has 5 rings (SSSR count). The first kappa shape index (κ1) is 13.8. The van der Waals surface area contributed by atoms with Crippen LogP contribution in [0.2, 0.25) is 0 Å². The molecule has 0 saturated heterocycles. The van der Waals surface area contributed by atoms with Gasteiger partial charge in [-0.25, -0.2) is 0 Å². The summed E-state index contributed by atoms with van der Waals surface area (Å²) in [5.74, 6) is 3.14. The zero-order valence-electron chi connectivity index (χ0n) is 13.5. The van der Waals surface area contributed by atoms with Crippen LogP contribution in [0.25, 0.3) is 0 Å². The second kappa shape index (κ2) is 5.12. The monoisotopic (exact) mass is 287 g/mol. The van der Waals surface area contributed by atoms with E-state index in [1.807, 2.05) is 10.9 Å². The Morgan fingerprint density at radius 2 is 1.86 bits per heavy atom. The first-order valence-corrected chi connectivity index (χ1v) is 8.83. The van der Waals surface area contributed by atoms with Gasteiger partial charge in [-0.15, -0.1) is 0 Å². The van der Waals surface area contributed by atoms with Crippen LogP contribution in [0.1, 0.15) is 50.6 Å². The lowest BCUT2D eigenvalue weighted by molar-refractivity contribution is -0.0739. The van der Waals surface area contributed by atoms with Gasteiger partial charge in [0.2, 0.25) is 0 Å². The average Bonchev–Trinajstić information content (AvgIpc) is 2.83. The number of aryl methyl sites for hydroxylation is 2. The van der Waals surface area contributed by atoms with Gasteiger partial charge in [-0.2, -0.15) is 5.10 Å². The Kier molecular flexibility index (Phi) is 3.36. The molecular weight excluding hydrogens is 258 g/mol. The van der Waals surface area contributed by atoms with Crippen molar-refractivity contribution in [1.82, 2.24) is 15.1 Å². The Morgan fingerprint density at radius 3 is 2.33 bits per heavy atom. The third-order valence-corrected chi connectivity index (χ3v) is 6.78. The van der Waals surface area contributed by atoms with Gasteiger partial charge in [0.15, 0.2) is 0 Å². The lowest BCUT2D eigenvalue weighted by Crippen LogP contribution is -2.55. The molecule has 0 amide bonds. The highest BCUT2D eigenvalue weighted by Crippen LogP contribution is 2.61. The minimum atomic E-state index is 0.613. The molecule has 3 nitrogen and oxygen atoms in total. The second-order valence-electron chi connectivity index (χ2n) is 8.11. The molecule has 0 radical (unpaired) electrons. The van der Waals surface area contributed by atoms with Crippen LogP contribution >= 0.6 is 0 Å². The number of rotatable bonds is 5. The number of aromatic nitrogens is 2. The van der Waals surface area contributed by atoms with Gasteiger partial charge in [0.1, 0.15) is 0 Å². The summed E-state index contributed by atoms with van der Waals surface area (Å²) in [4.78, 5) is 0. The number of nitrogens with one attached hydrogen (secondary N) is 1. The molecule has 4 fully saturated rings. The third kappa shape index (κ3) is 2.34. The minimum Gasteiger partial charge on any atom is -0.316 e. The molecule has 4 aliphatic rings. The summed E-state index contributed by atoms with van der Waals surface area (Å²) in [5, 5.41) is 8.02. The van der Waals surface area contributed by atoms with Crippen LogP contribution < -0.4 is 5.32 Å². The SMILES string of the molecule is CNC(CCc1ccnn1C)C12CC3CC(CC(C3)C1)C2. The Hall–Kier alpha value is -0.830. The zero-order chi connectivity index (χ0) is 14.4. The molecule has 0 spiro atoms. The number of nitrogens with zero attached hydrogens (tertiary/aromatic N) is 2. The molecule has 1 aromatic rings. The van der Waals surface area contributed by atoms with E-state index in [0.29, 0.717) is 11.5 Å². The predicted molar refractivity (Wildman–Crippen MR) is 85.0 cm³/mol. The highest BCUT2D eigenvalue weighted by molar-refractivity contribution is 5.07. The van der Waals surface area contributed by atoms with Gasteiger partial charge in [0.25, 0.3) is 0 Å². The van der Waals surface area contributed by atoms with Gasteiger partial charge < -0.3 is 5.32 Å². The fraction of sp³-hybridized carbons (Fsp3) is 0.833. The molecule has 1 aromatic heterocycles. The second-order valence-corrected chi connectivity index (χ2v) is 8.11. The lowest BCUT2D eigenvalue weighted by Gasteiger charge is -2.59. The molecule has 4 aliphatic carbocycles. The highest BCUT2D eigenvalue weighted by atomic mass is 15.2. The third-order valence-electron chi connectivity index (χ3n) is 6.78. The van der Waals surface area contributed by atoms with Crippen molar-refractivity contribution in [3.05, 3.63) is 18.0 Å². The van der Waals surface area contributed by atoms with Gasteiger partial charge in [-0.3, -0.25) is 4.68 Å². The lowest BCUT2D eigenvalue weighted by atomic mass is 9.47. The van der Waals surface area contributed by atoms with Crippen molar-refractivity contribution in [3.8, 4) is 0 Å². The standard InChI is InChI=1S/C18H29N3/c1-19-17(4-3-16-5-6-20-21(16)2)18-10-13-7-14(11-18)9-15(8-13)12-18/h5-6,13-15,17,19H,3-4,7-12H2,1-2H3. The van der Waals surface area contributed by atoms with Crippen molar-refractivity contribution in [2.24, 2.45) is 30.2 Å². The first-order valence-electron chi connectivity index (χ1n) is 8.83. The van der Waals surface area contributed by atoms with Crippen molar-refractivity contribution in [2.45, 2.75) is 57.4 Å². The molecule has 1 N–H and O–H groups in total. The summed E-state index contributed by atoms with van der Waals surface area (Å²) in [5.41, 5.74) is 1.99. The molecule has 21 heavy (non-hydrogen) atoms. The molecule has 4 saturated carbocycles. The van der Waals surface area contributed by atoms with E-state index in [2.05, 4.69) is 30.6 Å². The van der Waals surface area contributed by atoms with Crippen LogP contribution in [0.15, 0.2) is 12.3 Å². The molecule has 1 heterocycles. The van der Waals surface area contributed by atoms with Gasteiger partial charge in [-0.1, -0.05) is 0 Å². The van der Waals surface area contributed by atoms with E-state index in [1.54, 1.807) is 0 Å². The van der Waals surface area contributed by atoms with Crippen LogP contribution in [-0.4, -0.2) is 22.9 Å². The Balaban J connectivity index is 1.49. The molecule has 1 unspecified atom stereocenters. The van der Waals surface area contributed by atoms with Gasteiger partial charge in [0.05, 0.1) is 0 Å². The molecule has 116 valence electrons. The van der Waals surface area contributed by atoms with Crippen molar-refractivity contribution < 1.29 is 0 Å². The van der Waals surface area contributed by atoms with E-state index >= 15 is 0 Å². The number of hydrogen-bond donors (Lipinski definition) is 1. The quantitative estimate of drug-likeness (QED) is 0.901. The molecule has 4 bridgehead atoms. The Morgan fingerprint density at radius 1 is 1.24 bits per heavy atom. The molecular formula is C18H29N3. The predicted octanol–water partition coefficient (Wildman–Crippen LogP) is 3.16. The fourth-order valence-electron chi connectivity index (χ4n) is 6.30. The van der Waals surface area contributed by atoms with Crippen molar-refractivity contribution in [1.29, 1.82) is 0 Å². The molecule has 1 atom stereocenters. The van der Waals surface area contributed by atoms with Crippen LogP contribution in [0.5, 0.6) is 0 Å². The molecule has 3 heteroatoms. The molecule has 0 aliphatic heterocycles. The van der Waals surface area contributed by atoms with E-state index in [9.17, 15) is 0 Å². The fourth-order valence-corrected chi connectivity index (χ4v) is 6.30. The summed E-state index contributed by atoms with van der Waals surface area (Å²) in [6.45, 7) is 0. The average molecular weight is 287 g/mol. The van der Waals surface area contributed by atoms with Crippen molar-refractivity contribution in [2.75, 3.05) is 7.05 Å². The van der Waals surface area contributed by atoms with Crippen molar-refractivity contribution >= 4 is 0 Å². The van der Waals surface area contributed by atoms with Crippen molar-refractivity contribution in [3.63, 3.8) is 0 Å². The topological polar surface area (TPSA) is 29.9 Å². The summed E-state index contributed by atoms with van der Waals surface area (Å²) in [7, 11) is 4.25. The maximum Gasteiger partial charge on any atom is 0.0492 e. The first-order chi connectivity index (χ1) is 10.2. The Bertz CT molecular complexity index is 469. The van der Waals surface area contributed by atoms with E-state index in [-0.39, 0.29) is 0 Å². The summed E-state index contributed by atoms with van der Waals surface area (Å²) in [6, 6.07) is 2.87. The largest absolute Gasteiger partial charge is 0.316 e. The maximum atomic E-state index is 4.31. The smallest absolute Gasteiger partial charge is 0.0492 e. The Labute approximate surface area is 128 Å². The summed E-state index contributed by atoms with van der Waals surface area (Å²) >= 11 is 0. The minimum absolute atomic E-state index is 0.613. The highest BCUT2D eigenvalue weighted by Gasteiger charge is 2.53. The normalized spacial score (nSPS) is 38.9.